The number of hydrogen-bond donors (Lipinski definition) is 1. The highest BCUT2D eigenvalue weighted by atomic mass is 16.5. The molecule has 1 atom stereocenters. The Morgan fingerprint density at radius 2 is 2.00 bits per heavy atom. The van der Waals surface area contributed by atoms with Gasteiger partial charge in [-0.25, -0.2) is 0 Å². The molecule has 1 unspecified atom stereocenters. The molecule has 0 amide bonds. The molecular weight excluding hydrogens is 222 g/mol. The van der Waals surface area contributed by atoms with Crippen molar-refractivity contribution in [3.63, 3.8) is 0 Å². The molecule has 1 aliphatic rings. The van der Waals surface area contributed by atoms with Gasteiger partial charge in [0.05, 0.1) is 7.11 Å². The van der Waals surface area contributed by atoms with Crippen LogP contribution in [-0.4, -0.2) is 19.7 Å². The standard InChI is InChI=1S/C16H25NO/c1-3-12-17-16(14-7-8-14)11-6-13-4-9-15(18-2)10-5-13/h4-5,9-10,14,16-17H,3,6-8,11-12H2,1-2H3. The van der Waals surface area contributed by atoms with Gasteiger partial charge in [-0.3, -0.25) is 0 Å². The Labute approximate surface area is 111 Å². The third-order valence-corrected chi connectivity index (χ3v) is 3.75. The molecule has 1 aromatic rings. The van der Waals surface area contributed by atoms with Gasteiger partial charge in [0.2, 0.25) is 0 Å². The van der Waals surface area contributed by atoms with Crippen LogP contribution in [0.4, 0.5) is 0 Å². The summed E-state index contributed by atoms with van der Waals surface area (Å²) in [4.78, 5) is 0. The third-order valence-electron chi connectivity index (χ3n) is 3.75. The number of methoxy groups -OCH3 is 1. The van der Waals surface area contributed by atoms with Crippen molar-refractivity contribution in [2.45, 2.75) is 45.1 Å². The van der Waals surface area contributed by atoms with Gasteiger partial charge < -0.3 is 10.1 Å². The molecule has 1 N–H and O–H groups in total. The fraction of sp³-hybridized carbons (Fsp3) is 0.625. The number of nitrogens with one attached hydrogen (secondary N) is 1. The Bertz CT molecular complexity index is 343. The molecule has 1 saturated carbocycles. The second kappa shape index (κ2) is 6.79. The van der Waals surface area contributed by atoms with Crippen molar-refractivity contribution in [2.75, 3.05) is 13.7 Å². The predicted molar refractivity (Wildman–Crippen MR) is 76.1 cm³/mol. The molecule has 1 aromatic carbocycles. The van der Waals surface area contributed by atoms with Gasteiger partial charge in [0.1, 0.15) is 5.75 Å². The summed E-state index contributed by atoms with van der Waals surface area (Å²) in [5, 5.41) is 3.70. The van der Waals surface area contributed by atoms with E-state index >= 15 is 0 Å². The lowest BCUT2D eigenvalue weighted by Gasteiger charge is -2.17. The summed E-state index contributed by atoms with van der Waals surface area (Å²) in [5.74, 6) is 1.89. The fourth-order valence-electron chi connectivity index (χ4n) is 2.45. The lowest BCUT2D eigenvalue weighted by molar-refractivity contribution is 0.414. The highest BCUT2D eigenvalue weighted by molar-refractivity contribution is 5.27. The molecule has 1 aliphatic carbocycles. The third kappa shape index (κ3) is 4.02. The van der Waals surface area contributed by atoms with Crippen molar-refractivity contribution in [3.05, 3.63) is 29.8 Å². The van der Waals surface area contributed by atoms with Crippen molar-refractivity contribution < 1.29 is 4.74 Å². The van der Waals surface area contributed by atoms with Gasteiger partial charge in [-0.1, -0.05) is 19.1 Å². The van der Waals surface area contributed by atoms with Crippen molar-refractivity contribution in [3.8, 4) is 5.75 Å². The van der Waals surface area contributed by atoms with Gasteiger partial charge in [0.25, 0.3) is 0 Å². The van der Waals surface area contributed by atoms with E-state index in [1.807, 2.05) is 0 Å². The molecule has 2 rings (SSSR count). The normalized spacial score (nSPS) is 16.6. The minimum absolute atomic E-state index is 0.729. The predicted octanol–water partition coefficient (Wildman–Crippen LogP) is 3.41. The number of rotatable bonds is 8. The first kappa shape index (κ1) is 13.4. The van der Waals surface area contributed by atoms with Crippen molar-refractivity contribution in [2.24, 2.45) is 5.92 Å². The average Bonchev–Trinajstić information content (AvgIpc) is 3.24. The molecule has 0 aliphatic heterocycles. The van der Waals surface area contributed by atoms with E-state index in [4.69, 9.17) is 4.74 Å². The van der Waals surface area contributed by atoms with Crippen LogP contribution in [0, 0.1) is 5.92 Å². The lowest BCUT2D eigenvalue weighted by atomic mass is 10.0. The monoisotopic (exact) mass is 247 g/mol. The minimum atomic E-state index is 0.729. The Morgan fingerprint density at radius 1 is 1.28 bits per heavy atom. The molecule has 0 saturated heterocycles. The van der Waals surface area contributed by atoms with Gasteiger partial charge in [-0.15, -0.1) is 0 Å². The minimum Gasteiger partial charge on any atom is -0.497 e. The summed E-state index contributed by atoms with van der Waals surface area (Å²) >= 11 is 0. The summed E-state index contributed by atoms with van der Waals surface area (Å²) in [6.45, 7) is 3.39. The number of ether oxygens (including phenoxy) is 1. The largest absolute Gasteiger partial charge is 0.497 e. The Balaban J connectivity index is 1.80. The summed E-state index contributed by atoms with van der Waals surface area (Å²) < 4.78 is 5.18. The molecule has 0 aromatic heterocycles. The van der Waals surface area contributed by atoms with E-state index in [9.17, 15) is 0 Å². The first-order valence-electron chi connectivity index (χ1n) is 7.19. The second-order valence-electron chi connectivity index (χ2n) is 5.28. The van der Waals surface area contributed by atoms with E-state index in [0.717, 1.165) is 24.3 Å². The SMILES string of the molecule is CCCNC(CCc1ccc(OC)cc1)C1CC1. The Hall–Kier alpha value is -1.02. The van der Waals surface area contributed by atoms with Gasteiger partial charge in [-0.2, -0.15) is 0 Å². The zero-order chi connectivity index (χ0) is 12.8. The van der Waals surface area contributed by atoms with Crippen molar-refractivity contribution >= 4 is 0 Å². The maximum Gasteiger partial charge on any atom is 0.118 e. The van der Waals surface area contributed by atoms with Gasteiger partial charge in [0, 0.05) is 6.04 Å². The van der Waals surface area contributed by atoms with Gasteiger partial charge >= 0.3 is 0 Å². The lowest BCUT2D eigenvalue weighted by Crippen LogP contribution is -2.32. The summed E-state index contributed by atoms with van der Waals surface area (Å²) in [5.41, 5.74) is 1.42. The summed E-state index contributed by atoms with van der Waals surface area (Å²) in [7, 11) is 1.72. The van der Waals surface area contributed by atoms with Crippen LogP contribution in [0.15, 0.2) is 24.3 Å². The molecule has 2 nitrogen and oxygen atoms in total. The molecular formula is C16H25NO. The smallest absolute Gasteiger partial charge is 0.118 e. The van der Waals surface area contributed by atoms with Crippen molar-refractivity contribution in [1.29, 1.82) is 0 Å². The van der Waals surface area contributed by atoms with E-state index in [2.05, 4.69) is 36.5 Å². The quantitative estimate of drug-likeness (QED) is 0.760. The molecule has 100 valence electrons. The first-order valence-corrected chi connectivity index (χ1v) is 7.19. The number of aryl methyl sites for hydroxylation is 1. The van der Waals surface area contributed by atoms with Crippen LogP contribution in [0.1, 0.15) is 38.2 Å². The molecule has 0 radical (unpaired) electrons. The van der Waals surface area contributed by atoms with Gasteiger partial charge in [-0.05, 0) is 62.3 Å². The van der Waals surface area contributed by atoms with Crippen LogP contribution in [0.3, 0.4) is 0 Å². The fourth-order valence-corrected chi connectivity index (χ4v) is 2.45. The van der Waals surface area contributed by atoms with Crippen LogP contribution in [0.25, 0.3) is 0 Å². The topological polar surface area (TPSA) is 21.3 Å². The van der Waals surface area contributed by atoms with E-state index in [0.29, 0.717) is 0 Å². The second-order valence-corrected chi connectivity index (χ2v) is 5.28. The summed E-state index contributed by atoms with van der Waals surface area (Å²) in [6, 6.07) is 9.21. The molecule has 1 fully saturated rings. The van der Waals surface area contributed by atoms with E-state index in [1.165, 1.54) is 37.7 Å². The van der Waals surface area contributed by atoms with Crippen molar-refractivity contribution in [1.82, 2.24) is 5.32 Å². The molecule has 0 spiro atoms. The molecule has 18 heavy (non-hydrogen) atoms. The molecule has 2 heteroatoms. The summed E-state index contributed by atoms with van der Waals surface area (Å²) in [6.07, 6.45) is 6.50. The highest BCUT2D eigenvalue weighted by Gasteiger charge is 2.30. The zero-order valence-electron chi connectivity index (χ0n) is 11.6. The van der Waals surface area contributed by atoms with Gasteiger partial charge in [0.15, 0.2) is 0 Å². The van der Waals surface area contributed by atoms with Crippen LogP contribution < -0.4 is 10.1 Å². The van der Waals surface area contributed by atoms with E-state index in [1.54, 1.807) is 7.11 Å². The van der Waals surface area contributed by atoms with E-state index < -0.39 is 0 Å². The Morgan fingerprint density at radius 3 is 2.56 bits per heavy atom. The molecule has 0 bridgehead atoms. The van der Waals surface area contributed by atoms with Crippen LogP contribution in [-0.2, 0) is 6.42 Å². The molecule has 0 heterocycles. The van der Waals surface area contributed by atoms with E-state index in [-0.39, 0.29) is 0 Å². The number of hydrogen-bond acceptors (Lipinski definition) is 2. The highest BCUT2D eigenvalue weighted by Crippen LogP contribution is 2.34. The average molecular weight is 247 g/mol. The number of benzene rings is 1. The van der Waals surface area contributed by atoms with Crippen LogP contribution >= 0.6 is 0 Å². The van der Waals surface area contributed by atoms with Crippen LogP contribution in [0.5, 0.6) is 5.75 Å². The maximum atomic E-state index is 5.18. The zero-order valence-corrected chi connectivity index (χ0v) is 11.6. The first-order chi connectivity index (χ1) is 8.83. The van der Waals surface area contributed by atoms with Crippen LogP contribution in [0.2, 0.25) is 0 Å². The Kier molecular flexibility index (Phi) is 5.06. The maximum absolute atomic E-state index is 5.18.